The third-order valence-corrected chi connectivity index (χ3v) is 3.20. The Hall–Kier alpha value is -1.62. The molecule has 2 rings (SSSR count). The van der Waals surface area contributed by atoms with E-state index in [4.69, 9.17) is 0 Å². The Morgan fingerprint density at radius 3 is 2.63 bits per heavy atom. The number of rotatable bonds is 6. The van der Waals surface area contributed by atoms with E-state index in [0.717, 1.165) is 25.3 Å². The number of nitrogens with zero attached hydrogens (tertiary/aromatic N) is 4. The maximum absolute atomic E-state index is 4.44. The zero-order chi connectivity index (χ0) is 13.8. The molecule has 104 valence electrons. The minimum atomic E-state index is 0.416. The lowest BCUT2D eigenvalue weighted by Crippen LogP contribution is -2.12. The lowest BCUT2D eigenvalue weighted by Gasteiger charge is -2.04. The summed E-state index contributed by atoms with van der Waals surface area (Å²) in [7, 11) is 0. The third-order valence-electron chi connectivity index (χ3n) is 3.20. The smallest absolute Gasteiger partial charge is 0.0638 e. The Bertz CT molecular complexity index is 524. The molecule has 5 nitrogen and oxygen atoms in total. The molecule has 0 saturated carbocycles. The van der Waals surface area contributed by atoms with Crippen LogP contribution < -0.4 is 5.32 Å². The van der Waals surface area contributed by atoms with Gasteiger partial charge < -0.3 is 5.32 Å². The first-order valence-corrected chi connectivity index (χ1v) is 6.86. The Labute approximate surface area is 114 Å². The van der Waals surface area contributed by atoms with Crippen LogP contribution in [0.4, 0.5) is 0 Å². The number of aromatic nitrogens is 4. The van der Waals surface area contributed by atoms with Crippen LogP contribution in [0.1, 0.15) is 43.6 Å². The normalized spacial score (nSPS) is 11.4. The highest BCUT2D eigenvalue weighted by Gasteiger charge is 2.05. The van der Waals surface area contributed by atoms with Gasteiger partial charge in [0.2, 0.25) is 0 Å². The summed E-state index contributed by atoms with van der Waals surface area (Å²) in [6.45, 7) is 11.0. The molecular formula is C14H23N5. The van der Waals surface area contributed by atoms with Crippen LogP contribution in [0.2, 0.25) is 0 Å². The van der Waals surface area contributed by atoms with Crippen LogP contribution in [0, 0.1) is 6.92 Å². The predicted molar refractivity (Wildman–Crippen MR) is 75.8 cm³/mol. The van der Waals surface area contributed by atoms with Crippen molar-refractivity contribution < 1.29 is 0 Å². The van der Waals surface area contributed by atoms with Gasteiger partial charge in [0.25, 0.3) is 0 Å². The van der Waals surface area contributed by atoms with E-state index in [-0.39, 0.29) is 0 Å². The van der Waals surface area contributed by atoms with Gasteiger partial charge in [-0.1, -0.05) is 0 Å². The van der Waals surface area contributed by atoms with E-state index in [1.54, 1.807) is 0 Å². The highest BCUT2D eigenvalue weighted by molar-refractivity contribution is 5.15. The molecule has 0 unspecified atom stereocenters. The Balaban J connectivity index is 1.87. The molecule has 0 aliphatic carbocycles. The summed E-state index contributed by atoms with van der Waals surface area (Å²) in [5.41, 5.74) is 3.58. The van der Waals surface area contributed by atoms with Gasteiger partial charge in [-0.2, -0.15) is 10.2 Å². The van der Waals surface area contributed by atoms with Gasteiger partial charge in [-0.3, -0.25) is 9.36 Å². The zero-order valence-electron chi connectivity index (χ0n) is 12.2. The molecule has 0 aliphatic rings. The number of aryl methyl sites for hydroxylation is 2. The molecule has 0 radical (unpaired) electrons. The van der Waals surface area contributed by atoms with Crippen LogP contribution in [0.25, 0.3) is 0 Å². The van der Waals surface area contributed by atoms with E-state index in [9.17, 15) is 0 Å². The summed E-state index contributed by atoms with van der Waals surface area (Å²) in [5.74, 6) is 0. The topological polar surface area (TPSA) is 47.7 Å². The standard InChI is InChI=1S/C14H23N5/c1-5-18-10-14(12(4)17-18)8-15-6-13-7-16-19(9-13)11(2)3/h7,9-11,15H,5-6,8H2,1-4H3. The fourth-order valence-electron chi connectivity index (χ4n) is 1.99. The van der Waals surface area contributed by atoms with E-state index in [1.165, 1.54) is 11.1 Å². The van der Waals surface area contributed by atoms with Gasteiger partial charge in [0, 0.05) is 49.2 Å². The lowest BCUT2D eigenvalue weighted by atomic mass is 10.2. The summed E-state index contributed by atoms with van der Waals surface area (Å²) in [5, 5.41) is 12.2. The third kappa shape index (κ3) is 3.44. The minimum Gasteiger partial charge on any atom is -0.308 e. The number of nitrogens with one attached hydrogen (secondary N) is 1. The molecule has 0 amide bonds. The van der Waals surface area contributed by atoms with Gasteiger partial charge in [-0.15, -0.1) is 0 Å². The largest absolute Gasteiger partial charge is 0.308 e. The summed E-state index contributed by atoms with van der Waals surface area (Å²) in [6.07, 6.45) is 6.13. The molecular weight excluding hydrogens is 238 g/mol. The molecule has 2 aromatic heterocycles. The van der Waals surface area contributed by atoms with Crippen molar-refractivity contribution in [3.8, 4) is 0 Å². The summed E-state index contributed by atoms with van der Waals surface area (Å²) in [6, 6.07) is 0.416. The molecule has 2 heterocycles. The van der Waals surface area contributed by atoms with Crippen molar-refractivity contribution in [1.82, 2.24) is 24.9 Å². The highest BCUT2D eigenvalue weighted by atomic mass is 15.3. The SMILES string of the molecule is CCn1cc(CNCc2cnn(C(C)C)c2)c(C)n1. The molecule has 0 spiro atoms. The van der Waals surface area contributed by atoms with Crippen molar-refractivity contribution in [2.75, 3.05) is 0 Å². The fraction of sp³-hybridized carbons (Fsp3) is 0.571. The highest BCUT2D eigenvalue weighted by Crippen LogP contribution is 2.07. The molecule has 0 fully saturated rings. The number of hydrogen-bond donors (Lipinski definition) is 1. The Morgan fingerprint density at radius 2 is 2.05 bits per heavy atom. The second kappa shape index (κ2) is 6.02. The molecule has 0 aliphatic heterocycles. The molecule has 0 atom stereocenters. The summed E-state index contributed by atoms with van der Waals surface area (Å²) in [4.78, 5) is 0. The molecule has 5 heteroatoms. The van der Waals surface area contributed by atoms with E-state index in [2.05, 4.69) is 55.6 Å². The van der Waals surface area contributed by atoms with Gasteiger partial charge in [0.15, 0.2) is 0 Å². The van der Waals surface area contributed by atoms with E-state index in [1.807, 2.05) is 15.6 Å². The van der Waals surface area contributed by atoms with Crippen LogP contribution in [0.5, 0.6) is 0 Å². The minimum absolute atomic E-state index is 0.416. The van der Waals surface area contributed by atoms with Crippen molar-refractivity contribution in [2.24, 2.45) is 0 Å². The second-order valence-corrected chi connectivity index (χ2v) is 5.12. The quantitative estimate of drug-likeness (QED) is 0.868. The first kappa shape index (κ1) is 13.8. The van der Waals surface area contributed by atoms with Gasteiger partial charge in [-0.25, -0.2) is 0 Å². The van der Waals surface area contributed by atoms with Crippen molar-refractivity contribution in [2.45, 2.75) is 53.4 Å². The average Bonchev–Trinajstić information content (AvgIpc) is 2.97. The molecule has 0 aromatic carbocycles. The first-order valence-electron chi connectivity index (χ1n) is 6.86. The molecule has 1 N–H and O–H groups in total. The first-order chi connectivity index (χ1) is 9.10. The Morgan fingerprint density at radius 1 is 1.26 bits per heavy atom. The van der Waals surface area contributed by atoms with Gasteiger partial charge in [0.05, 0.1) is 11.9 Å². The molecule has 0 saturated heterocycles. The average molecular weight is 261 g/mol. The van der Waals surface area contributed by atoms with Crippen molar-refractivity contribution in [1.29, 1.82) is 0 Å². The second-order valence-electron chi connectivity index (χ2n) is 5.12. The lowest BCUT2D eigenvalue weighted by molar-refractivity contribution is 0.531. The summed E-state index contributed by atoms with van der Waals surface area (Å²) >= 11 is 0. The predicted octanol–water partition coefficient (Wildman–Crippen LogP) is 2.28. The van der Waals surface area contributed by atoms with Crippen LogP contribution in [-0.2, 0) is 19.6 Å². The van der Waals surface area contributed by atoms with Crippen LogP contribution in [0.3, 0.4) is 0 Å². The van der Waals surface area contributed by atoms with Crippen LogP contribution in [-0.4, -0.2) is 19.6 Å². The van der Waals surface area contributed by atoms with Crippen LogP contribution in [0.15, 0.2) is 18.6 Å². The fourth-order valence-corrected chi connectivity index (χ4v) is 1.99. The maximum atomic E-state index is 4.44. The van der Waals surface area contributed by atoms with E-state index < -0.39 is 0 Å². The molecule has 19 heavy (non-hydrogen) atoms. The van der Waals surface area contributed by atoms with E-state index >= 15 is 0 Å². The van der Waals surface area contributed by atoms with E-state index in [0.29, 0.717) is 6.04 Å². The van der Waals surface area contributed by atoms with Crippen LogP contribution >= 0.6 is 0 Å². The van der Waals surface area contributed by atoms with Gasteiger partial charge in [0.1, 0.15) is 0 Å². The van der Waals surface area contributed by atoms with Crippen molar-refractivity contribution in [3.05, 3.63) is 35.4 Å². The number of hydrogen-bond acceptors (Lipinski definition) is 3. The summed E-state index contributed by atoms with van der Waals surface area (Å²) < 4.78 is 3.96. The van der Waals surface area contributed by atoms with Gasteiger partial charge in [-0.05, 0) is 27.7 Å². The van der Waals surface area contributed by atoms with Crippen molar-refractivity contribution in [3.63, 3.8) is 0 Å². The Kier molecular flexibility index (Phi) is 4.37. The molecule has 0 bridgehead atoms. The van der Waals surface area contributed by atoms with Crippen molar-refractivity contribution >= 4 is 0 Å². The maximum Gasteiger partial charge on any atom is 0.0638 e. The monoisotopic (exact) mass is 261 g/mol. The van der Waals surface area contributed by atoms with Gasteiger partial charge >= 0.3 is 0 Å². The zero-order valence-corrected chi connectivity index (χ0v) is 12.2. The molecule has 2 aromatic rings.